The molecule has 0 saturated carbocycles. The fraction of sp³-hybridized carbons (Fsp3) is 0.275. The average molecular weight is 743 g/mol. The van der Waals surface area contributed by atoms with E-state index in [0.29, 0.717) is 33.1 Å². The van der Waals surface area contributed by atoms with Crippen LogP contribution in [0.2, 0.25) is 0 Å². The molecule has 280 valence electrons. The van der Waals surface area contributed by atoms with Gasteiger partial charge in [-0.2, -0.15) is 18.2 Å². The van der Waals surface area contributed by atoms with Gasteiger partial charge < -0.3 is 34.3 Å². The Morgan fingerprint density at radius 2 is 1.41 bits per heavy atom. The van der Waals surface area contributed by atoms with Gasteiger partial charge in [0.15, 0.2) is 6.23 Å². The standard InChI is InChI=1S/C40H37F3N4O7/c1-50-30-17-13-28(14-18-30)39(27-11-7-4-8-12-27,29-15-19-31(51-2)20-16-29)53-25-38-24-47(36(48)40(41,42)43)33(34(38)52-23-26-9-5-3-6-10-26)35(54-38)46-22-21-32(44)45-37(46)49/h3-22,33-35H,23-25H2,1-2H3,(H2,44,45,49)/t33-,34+,35-,38-/m1/s1. The molecule has 3 heterocycles. The van der Waals surface area contributed by atoms with Gasteiger partial charge in [0.25, 0.3) is 0 Å². The molecule has 0 radical (unpaired) electrons. The Morgan fingerprint density at radius 3 is 1.94 bits per heavy atom. The second kappa shape index (κ2) is 14.6. The second-order valence-electron chi connectivity index (χ2n) is 13.0. The van der Waals surface area contributed by atoms with Gasteiger partial charge in [0.2, 0.25) is 0 Å². The lowest BCUT2D eigenvalue weighted by atomic mass is 9.79. The summed E-state index contributed by atoms with van der Waals surface area (Å²) in [5, 5.41) is 0. The Bertz CT molecular complexity index is 2090. The largest absolute Gasteiger partial charge is 0.497 e. The van der Waals surface area contributed by atoms with E-state index in [1.807, 2.05) is 60.7 Å². The number of nitrogens with zero attached hydrogens (tertiary/aromatic N) is 3. The van der Waals surface area contributed by atoms with Gasteiger partial charge in [-0.15, -0.1) is 0 Å². The topological polar surface area (TPSA) is 127 Å². The molecule has 11 nitrogen and oxygen atoms in total. The highest BCUT2D eigenvalue weighted by Crippen LogP contribution is 2.51. The first kappa shape index (κ1) is 36.6. The van der Waals surface area contributed by atoms with Gasteiger partial charge in [0, 0.05) is 6.20 Å². The van der Waals surface area contributed by atoms with Crippen LogP contribution in [0.4, 0.5) is 19.0 Å². The maximum atomic E-state index is 14.3. The number of morpholine rings is 1. The number of rotatable bonds is 12. The van der Waals surface area contributed by atoms with Gasteiger partial charge >= 0.3 is 17.8 Å². The Hall–Kier alpha value is -5.70. The van der Waals surface area contributed by atoms with Crippen molar-refractivity contribution in [3.8, 4) is 11.5 Å². The van der Waals surface area contributed by atoms with Crippen molar-refractivity contribution in [2.45, 2.75) is 42.4 Å². The zero-order chi connectivity index (χ0) is 38.1. The molecule has 2 fully saturated rings. The van der Waals surface area contributed by atoms with E-state index in [4.69, 9.17) is 29.4 Å². The van der Waals surface area contributed by atoms with Crippen LogP contribution in [0.15, 0.2) is 126 Å². The molecule has 2 saturated heterocycles. The Labute approximate surface area is 308 Å². The molecule has 2 aliphatic heterocycles. The van der Waals surface area contributed by atoms with Crippen molar-refractivity contribution in [3.05, 3.63) is 154 Å². The molecule has 0 unspecified atom stereocenters. The molecule has 5 aromatic rings. The SMILES string of the molecule is COc1ccc(C(OC[C@@]23CN(C(=O)C(F)(F)F)[C@@H]([C@H](n4ccc(N)nc4=O)O2)[C@@H]3OCc2ccccc2)(c2ccccc2)c2ccc(OC)cc2)cc1. The number of hydrogen-bond donors (Lipinski definition) is 1. The number of fused-ring (bicyclic) bond motifs is 2. The van der Waals surface area contributed by atoms with Crippen LogP contribution in [0.3, 0.4) is 0 Å². The summed E-state index contributed by atoms with van der Waals surface area (Å²) in [6.45, 7) is -0.992. The normalized spacial score (nSPS) is 20.9. The van der Waals surface area contributed by atoms with Crippen molar-refractivity contribution in [3.63, 3.8) is 0 Å². The third kappa shape index (κ3) is 6.68. The van der Waals surface area contributed by atoms with E-state index in [1.54, 1.807) is 62.8 Å². The molecule has 0 aliphatic carbocycles. The summed E-state index contributed by atoms with van der Waals surface area (Å²) in [6, 6.07) is 32.7. The quantitative estimate of drug-likeness (QED) is 0.166. The number of likely N-dealkylation sites (tertiary alicyclic amines) is 1. The summed E-state index contributed by atoms with van der Waals surface area (Å²) in [5.41, 5.74) is 4.47. The van der Waals surface area contributed by atoms with E-state index in [1.165, 1.54) is 12.3 Å². The molecule has 0 spiro atoms. The molecule has 1 aromatic heterocycles. The van der Waals surface area contributed by atoms with Gasteiger partial charge in [-0.25, -0.2) is 4.79 Å². The van der Waals surface area contributed by atoms with Crippen LogP contribution in [0.25, 0.3) is 0 Å². The van der Waals surface area contributed by atoms with Gasteiger partial charge in [0.1, 0.15) is 40.7 Å². The lowest BCUT2D eigenvalue weighted by molar-refractivity contribution is -0.208. The molecule has 4 aromatic carbocycles. The highest BCUT2D eigenvalue weighted by Gasteiger charge is 2.69. The van der Waals surface area contributed by atoms with Crippen LogP contribution in [-0.2, 0) is 31.2 Å². The van der Waals surface area contributed by atoms with Crippen molar-refractivity contribution in [1.82, 2.24) is 14.5 Å². The van der Waals surface area contributed by atoms with Gasteiger partial charge in [-0.05, 0) is 52.6 Å². The second-order valence-corrected chi connectivity index (χ2v) is 13.0. The monoisotopic (exact) mass is 742 g/mol. The predicted molar refractivity (Wildman–Crippen MR) is 191 cm³/mol. The number of alkyl halides is 3. The lowest BCUT2D eigenvalue weighted by Gasteiger charge is -2.41. The van der Waals surface area contributed by atoms with Crippen molar-refractivity contribution in [1.29, 1.82) is 0 Å². The van der Waals surface area contributed by atoms with E-state index in [-0.39, 0.29) is 12.4 Å². The Morgan fingerprint density at radius 1 is 0.852 bits per heavy atom. The lowest BCUT2D eigenvalue weighted by Crippen LogP contribution is -2.55. The molecule has 2 aliphatic rings. The number of aromatic nitrogens is 2. The number of benzene rings is 4. The van der Waals surface area contributed by atoms with Crippen molar-refractivity contribution in [2.75, 3.05) is 33.1 Å². The maximum absolute atomic E-state index is 14.3. The Kier molecular flexibility index (Phi) is 9.92. The molecule has 54 heavy (non-hydrogen) atoms. The number of methoxy groups -OCH3 is 2. The molecule has 1 amide bonds. The fourth-order valence-corrected chi connectivity index (χ4v) is 7.36. The third-order valence-electron chi connectivity index (χ3n) is 9.88. The van der Waals surface area contributed by atoms with E-state index < -0.39 is 60.5 Å². The number of ether oxygens (including phenoxy) is 5. The number of amides is 1. The minimum Gasteiger partial charge on any atom is -0.497 e. The number of hydrogen-bond acceptors (Lipinski definition) is 9. The zero-order valence-corrected chi connectivity index (χ0v) is 29.3. The summed E-state index contributed by atoms with van der Waals surface area (Å²) in [7, 11) is 3.10. The summed E-state index contributed by atoms with van der Waals surface area (Å²) < 4.78 is 75.2. The van der Waals surface area contributed by atoms with Gasteiger partial charge in [-0.1, -0.05) is 84.9 Å². The van der Waals surface area contributed by atoms with Crippen molar-refractivity contribution < 1.29 is 41.7 Å². The molecule has 4 atom stereocenters. The molecule has 7 rings (SSSR count). The smallest absolute Gasteiger partial charge is 0.471 e. The number of anilines is 1. The summed E-state index contributed by atoms with van der Waals surface area (Å²) in [5.74, 6) is -1.02. The zero-order valence-electron chi connectivity index (χ0n) is 29.3. The highest BCUT2D eigenvalue weighted by molar-refractivity contribution is 5.83. The van der Waals surface area contributed by atoms with Crippen LogP contribution in [-0.4, -0.2) is 71.7 Å². The van der Waals surface area contributed by atoms with Crippen LogP contribution >= 0.6 is 0 Å². The van der Waals surface area contributed by atoms with Crippen LogP contribution in [0.1, 0.15) is 28.5 Å². The van der Waals surface area contributed by atoms with E-state index in [0.717, 1.165) is 10.1 Å². The van der Waals surface area contributed by atoms with Crippen molar-refractivity contribution in [2.24, 2.45) is 0 Å². The molecule has 2 bridgehead atoms. The van der Waals surface area contributed by atoms with Gasteiger partial charge in [-0.3, -0.25) is 9.36 Å². The minimum atomic E-state index is -5.24. The Balaban J connectivity index is 1.39. The number of carbonyl (C=O) groups excluding carboxylic acids is 1. The highest BCUT2D eigenvalue weighted by atomic mass is 19.4. The van der Waals surface area contributed by atoms with E-state index in [9.17, 15) is 22.8 Å². The number of nitrogen functional groups attached to an aromatic ring is 1. The van der Waals surface area contributed by atoms with Crippen molar-refractivity contribution >= 4 is 11.7 Å². The predicted octanol–water partition coefficient (Wildman–Crippen LogP) is 5.48. The molecule has 14 heteroatoms. The summed E-state index contributed by atoms with van der Waals surface area (Å²) in [6.07, 6.45) is -6.62. The summed E-state index contributed by atoms with van der Waals surface area (Å²) >= 11 is 0. The first-order valence-electron chi connectivity index (χ1n) is 17.0. The van der Waals surface area contributed by atoms with Gasteiger partial charge in [0.05, 0.1) is 34.0 Å². The van der Waals surface area contributed by atoms with Crippen LogP contribution < -0.4 is 20.9 Å². The summed E-state index contributed by atoms with van der Waals surface area (Å²) in [4.78, 5) is 30.9. The average Bonchev–Trinajstić information content (AvgIpc) is 3.67. The van der Waals surface area contributed by atoms with Crippen LogP contribution in [0, 0.1) is 0 Å². The minimum absolute atomic E-state index is 0.0381. The number of nitrogens with two attached hydrogens (primary N) is 1. The van der Waals surface area contributed by atoms with Crippen LogP contribution in [0.5, 0.6) is 11.5 Å². The maximum Gasteiger partial charge on any atom is 0.471 e. The number of carbonyl (C=O) groups is 1. The van der Waals surface area contributed by atoms with E-state index in [2.05, 4.69) is 4.98 Å². The number of halogens is 3. The molecular formula is C40H37F3N4O7. The first-order chi connectivity index (χ1) is 26.0. The third-order valence-corrected chi connectivity index (χ3v) is 9.88. The fourth-order valence-electron chi connectivity index (χ4n) is 7.36. The first-order valence-corrected chi connectivity index (χ1v) is 17.0. The molecule has 2 N–H and O–H groups in total. The molecular weight excluding hydrogens is 705 g/mol. The van der Waals surface area contributed by atoms with E-state index >= 15 is 0 Å².